The summed E-state index contributed by atoms with van der Waals surface area (Å²) in [5.74, 6) is 1.11. The molecule has 2 bridgehead atoms. The summed E-state index contributed by atoms with van der Waals surface area (Å²) < 4.78 is 5.50. The molecule has 2 atom stereocenters. The number of hydrogen-bond acceptors (Lipinski definition) is 2. The van der Waals surface area contributed by atoms with Crippen molar-refractivity contribution >= 4 is 5.91 Å². The molecule has 1 saturated carbocycles. The van der Waals surface area contributed by atoms with Gasteiger partial charge in [-0.2, -0.15) is 0 Å². The molecule has 3 fully saturated rings. The Labute approximate surface area is 110 Å². The van der Waals surface area contributed by atoms with E-state index in [9.17, 15) is 4.79 Å². The highest BCUT2D eigenvalue weighted by molar-refractivity contribution is 5.77. The minimum absolute atomic E-state index is 0.387. The second-order valence-electron chi connectivity index (χ2n) is 6.37. The summed E-state index contributed by atoms with van der Waals surface area (Å²) in [4.78, 5) is 14.7. The molecule has 2 saturated heterocycles. The van der Waals surface area contributed by atoms with Gasteiger partial charge in [-0.1, -0.05) is 12.8 Å². The largest absolute Gasteiger partial charge is 0.381 e. The van der Waals surface area contributed by atoms with Crippen molar-refractivity contribution in [1.29, 1.82) is 0 Å². The van der Waals surface area contributed by atoms with Crippen LogP contribution in [0.2, 0.25) is 0 Å². The number of carbonyl (C=O) groups excluding carboxylic acids is 1. The molecule has 2 heterocycles. The molecule has 0 aromatic carbocycles. The molecule has 2 aliphatic heterocycles. The fraction of sp³-hybridized carbons (Fsp3) is 0.933. The summed E-state index contributed by atoms with van der Waals surface area (Å²) in [7, 11) is 1.81. The van der Waals surface area contributed by atoms with E-state index in [1.54, 1.807) is 7.11 Å². The van der Waals surface area contributed by atoms with Gasteiger partial charge in [-0.15, -0.1) is 0 Å². The second-order valence-corrected chi connectivity index (χ2v) is 6.37. The molecule has 3 nitrogen and oxygen atoms in total. The SMILES string of the molecule is COC1CC2CCC(C1)N2C(=O)CC1CCCC1. The number of piperidine rings is 1. The summed E-state index contributed by atoms with van der Waals surface area (Å²) in [6, 6.07) is 0.949. The molecule has 2 unspecified atom stereocenters. The van der Waals surface area contributed by atoms with Gasteiger partial charge in [-0.05, 0) is 44.4 Å². The number of hydrogen-bond donors (Lipinski definition) is 0. The number of carbonyl (C=O) groups is 1. The molecule has 0 radical (unpaired) electrons. The lowest BCUT2D eigenvalue weighted by atomic mass is 9.97. The van der Waals surface area contributed by atoms with Gasteiger partial charge in [0, 0.05) is 25.6 Å². The molecule has 18 heavy (non-hydrogen) atoms. The van der Waals surface area contributed by atoms with E-state index < -0.39 is 0 Å². The lowest BCUT2D eigenvalue weighted by molar-refractivity contribution is -0.138. The zero-order valence-electron chi connectivity index (χ0n) is 11.4. The van der Waals surface area contributed by atoms with E-state index in [2.05, 4.69) is 4.90 Å². The van der Waals surface area contributed by atoms with Crippen molar-refractivity contribution in [3.63, 3.8) is 0 Å². The van der Waals surface area contributed by atoms with Crippen LogP contribution in [-0.2, 0) is 9.53 Å². The Morgan fingerprint density at radius 2 is 1.72 bits per heavy atom. The highest BCUT2D eigenvalue weighted by Gasteiger charge is 2.43. The summed E-state index contributed by atoms with van der Waals surface area (Å²) in [6.45, 7) is 0. The van der Waals surface area contributed by atoms with Gasteiger partial charge >= 0.3 is 0 Å². The van der Waals surface area contributed by atoms with E-state index in [0.717, 1.165) is 19.3 Å². The normalized spacial score (nSPS) is 36.3. The molecular weight excluding hydrogens is 226 g/mol. The van der Waals surface area contributed by atoms with Crippen molar-refractivity contribution < 1.29 is 9.53 Å². The topological polar surface area (TPSA) is 29.5 Å². The average molecular weight is 251 g/mol. The smallest absolute Gasteiger partial charge is 0.223 e. The number of methoxy groups -OCH3 is 1. The zero-order valence-corrected chi connectivity index (χ0v) is 11.4. The number of amides is 1. The fourth-order valence-electron chi connectivity index (χ4n) is 4.29. The third kappa shape index (κ3) is 2.29. The Balaban J connectivity index is 1.60. The predicted molar refractivity (Wildman–Crippen MR) is 70.3 cm³/mol. The highest BCUT2D eigenvalue weighted by Crippen LogP contribution is 2.38. The molecule has 3 aliphatic rings. The first kappa shape index (κ1) is 12.5. The minimum atomic E-state index is 0.387. The molecule has 1 amide bonds. The monoisotopic (exact) mass is 251 g/mol. The van der Waals surface area contributed by atoms with E-state index in [0.29, 0.717) is 30.0 Å². The van der Waals surface area contributed by atoms with Crippen LogP contribution in [0.4, 0.5) is 0 Å². The van der Waals surface area contributed by atoms with Crippen LogP contribution in [0.15, 0.2) is 0 Å². The lowest BCUT2D eigenvalue weighted by Crippen LogP contribution is -2.48. The maximum Gasteiger partial charge on any atom is 0.223 e. The molecule has 3 heteroatoms. The van der Waals surface area contributed by atoms with Crippen LogP contribution in [0.25, 0.3) is 0 Å². The number of fused-ring (bicyclic) bond motifs is 2. The maximum atomic E-state index is 12.5. The Hall–Kier alpha value is -0.570. The number of nitrogens with zero attached hydrogens (tertiary/aromatic N) is 1. The maximum absolute atomic E-state index is 12.5. The summed E-state index contributed by atoms with van der Waals surface area (Å²) >= 11 is 0. The van der Waals surface area contributed by atoms with Gasteiger partial charge in [0.25, 0.3) is 0 Å². The van der Waals surface area contributed by atoms with Gasteiger partial charge in [0.1, 0.15) is 0 Å². The van der Waals surface area contributed by atoms with Gasteiger partial charge in [-0.25, -0.2) is 0 Å². The summed E-state index contributed by atoms with van der Waals surface area (Å²) in [5, 5.41) is 0. The van der Waals surface area contributed by atoms with Crippen LogP contribution in [0.5, 0.6) is 0 Å². The molecular formula is C15H25NO2. The van der Waals surface area contributed by atoms with Crippen LogP contribution in [0, 0.1) is 5.92 Å². The van der Waals surface area contributed by atoms with Gasteiger partial charge in [0.15, 0.2) is 0 Å². The molecule has 1 aliphatic carbocycles. The molecule has 102 valence electrons. The van der Waals surface area contributed by atoms with Gasteiger partial charge < -0.3 is 9.64 Å². The van der Waals surface area contributed by atoms with Gasteiger partial charge in [-0.3, -0.25) is 4.79 Å². The van der Waals surface area contributed by atoms with E-state index in [1.807, 2.05) is 0 Å². The van der Waals surface area contributed by atoms with Gasteiger partial charge in [0.2, 0.25) is 5.91 Å². The molecule has 0 spiro atoms. The van der Waals surface area contributed by atoms with Crippen LogP contribution < -0.4 is 0 Å². The third-order valence-corrected chi connectivity index (χ3v) is 5.25. The Bertz CT molecular complexity index is 298. The first-order valence-corrected chi connectivity index (χ1v) is 7.62. The molecule has 0 N–H and O–H groups in total. The van der Waals surface area contributed by atoms with Crippen LogP contribution in [-0.4, -0.2) is 36.1 Å². The van der Waals surface area contributed by atoms with Crippen molar-refractivity contribution in [3.8, 4) is 0 Å². The van der Waals surface area contributed by atoms with Crippen LogP contribution in [0.1, 0.15) is 57.8 Å². The van der Waals surface area contributed by atoms with Gasteiger partial charge in [0.05, 0.1) is 6.10 Å². The summed E-state index contributed by atoms with van der Waals surface area (Å²) in [5.41, 5.74) is 0. The van der Waals surface area contributed by atoms with Crippen molar-refractivity contribution in [1.82, 2.24) is 4.90 Å². The van der Waals surface area contributed by atoms with Crippen molar-refractivity contribution in [2.75, 3.05) is 7.11 Å². The first-order valence-electron chi connectivity index (χ1n) is 7.62. The molecule has 0 aromatic heterocycles. The summed E-state index contributed by atoms with van der Waals surface area (Å²) in [6.07, 6.45) is 10.9. The minimum Gasteiger partial charge on any atom is -0.381 e. The highest BCUT2D eigenvalue weighted by atomic mass is 16.5. The Morgan fingerprint density at radius 3 is 2.28 bits per heavy atom. The van der Waals surface area contributed by atoms with E-state index in [-0.39, 0.29) is 0 Å². The number of rotatable bonds is 3. The first-order chi connectivity index (χ1) is 8.78. The third-order valence-electron chi connectivity index (χ3n) is 5.25. The van der Waals surface area contributed by atoms with Crippen molar-refractivity contribution in [3.05, 3.63) is 0 Å². The second kappa shape index (κ2) is 5.20. The standard InChI is InChI=1S/C15H25NO2/c1-18-14-9-12-6-7-13(10-14)16(12)15(17)8-11-4-2-3-5-11/h11-14H,2-10H2,1H3. The number of ether oxygens (including phenoxy) is 1. The average Bonchev–Trinajstić information content (AvgIpc) is 2.95. The molecule has 3 rings (SSSR count). The lowest BCUT2D eigenvalue weighted by Gasteiger charge is -2.39. The Morgan fingerprint density at radius 1 is 1.11 bits per heavy atom. The van der Waals surface area contributed by atoms with Crippen molar-refractivity contribution in [2.45, 2.75) is 76.0 Å². The quantitative estimate of drug-likeness (QED) is 0.772. The van der Waals surface area contributed by atoms with Crippen molar-refractivity contribution in [2.24, 2.45) is 5.92 Å². The fourth-order valence-corrected chi connectivity index (χ4v) is 4.29. The Kier molecular flexibility index (Phi) is 3.60. The van der Waals surface area contributed by atoms with E-state index in [1.165, 1.54) is 38.5 Å². The molecule has 0 aromatic rings. The zero-order chi connectivity index (χ0) is 12.5. The predicted octanol–water partition coefficient (Wildman–Crippen LogP) is 2.74. The van der Waals surface area contributed by atoms with E-state index in [4.69, 9.17) is 4.74 Å². The van der Waals surface area contributed by atoms with E-state index >= 15 is 0 Å². The van der Waals surface area contributed by atoms with Crippen LogP contribution >= 0.6 is 0 Å². The van der Waals surface area contributed by atoms with Crippen LogP contribution in [0.3, 0.4) is 0 Å².